The van der Waals surface area contributed by atoms with Crippen molar-refractivity contribution in [3.63, 3.8) is 0 Å². The molecule has 0 spiro atoms. The fourth-order valence-corrected chi connectivity index (χ4v) is 1.66. The van der Waals surface area contributed by atoms with Crippen molar-refractivity contribution in [2.75, 3.05) is 0 Å². The Balaban J connectivity index is 4.05. The maximum Gasteiger partial charge on any atom is 0.416 e. The van der Waals surface area contributed by atoms with Crippen LogP contribution in [0.15, 0.2) is 0 Å². The van der Waals surface area contributed by atoms with E-state index in [-0.39, 0.29) is 0 Å². The summed E-state index contributed by atoms with van der Waals surface area (Å²) in [5.74, 6) is 0. The SMILES string of the molecule is CCCCCCC(CCC)OC(F)(F)C(F)F. The number of hydrogen-bond acceptors (Lipinski definition) is 1. The number of halogens is 4. The number of alkyl halides is 4. The summed E-state index contributed by atoms with van der Waals surface area (Å²) >= 11 is 0. The molecule has 0 fully saturated rings. The summed E-state index contributed by atoms with van der Waals surface area (Å²) in [4.78, 5) is 0. The average Bonchev–Trinajstić information content (AvgIpc) is 2.24. The Morgan fingerprint density at radius 2 is 1.59 bits per heavy atom. The van der Waals surface area contributed by atoms with Crippen LogP contribution >= 0.6 is 0 Å². The monoisotopic (exact) mass is 258 g/mol. The molecule has 5 heteroatoms. The lowest BCUT2D eigenvalue weighted by molar-refractivity contribution is -0.319. The van der Waals surface area contributed by atoms with Crippen molar-refractivity contribution in [2.45, 2.75) is 77.4 Å². The highest BCUT2D eigenvalue weighted by Crippen LogP contribution is 2.28. The maximum absolute atomic E-state index is 12.7. The Labute approximate surface area is 101 Å². The van der Waals surface area contributed by atoms with E-state index in [2.05, 4.69) is 4.74 Å². The van der Waals surface area contributed by atoms with E-state index in [4.69, 9.17) is 0 Å². The van der Waals surface area contributed by atoms with E-state index in [9.17, 15) is 17.6 Å². The predicted molar refractivity (Wildman–Crippen MR) is 59.5 cm³/mol. The van der Waals surface area contributed by atoms with Crippen molar-refractivity contribution in [3.05, 3.63) is 0 Å². The smallest absolute Gasteiger partial charge is 0.313 e. The third-order valence-electron chi connectivity index (χ3n) is 2.57. The van der Waals surface area contributed by atoms with Crippen molar-refractivity contribution in [2.24, 2.45) is 0 Å². The molecule has 0 aromatic rings. The maximum atomic E-state index is 12.7. The quantitative estimate of drug-likeness (QED) is 0.396. The van der Waals surface area contributed by atoms with Crippen molar-refractivity contribution in [1.29, 1.82) is 0 Å². The second kappa shape index (κ2) is 8.72. The van der Waals surface area contributed by atoms with Crippen LogP contribution in [-0.2, 0) is 4.74 Å². The van der Waals surface area contributed by atoms with Gasteiger partial charge in [0, 0.05) is 0 Å². The van der Waals surface area contributed by atoms with Gasteiger partial charge in [-0.3, -0.25) is 0 Å². The molecule has 0 heterocycles. The highest BCUT2D eigenvalue weighted by molar-refractivity contribution is 4.64. The average molecular weight is 258 g/mol. The van der Waals surface area contributed by atoms with Crippen LogP contribution in [0.1, 0.15) is 58.8 Å². The minimum atomic E-state index is -4.31. The highest BCUT2D eigenvalue weighted by Gasteiger charge is 2.44. The normalized spacial score (nSPS) is 14.3. The van der Waals surface area contributed by atoms with E-state index >= 15 is 0 Å². The number of unbranched alkanes of at least 4 members (excludes halogenated alkanes) is 3. The van der Waals surface area contributed by atoms with Gasteiger partial charge in [-0.15, -0.1) is 0 Å². The Hall–Kier alpha value is -0.320. The van der Waals surface area contributed by atoms with Gasteiger partial charge in [-0.25, -0.2) is 8.78 Å². The van der Waals surface area contributed by atoms with E-state index in [1.165, 1.54) is 0 Å². The molecule has 0 aliphatic heterocycles. The Bertz CT molecular complexity index is 185. The van der Waals surface area contributed by atoms with E-state index in [1.807, 2.05) is 13.8 Å². The molecule has 0 radical (unpaired) electrons. The molecule has 0 N–H and O–H groups in total. The molecule has 0 amide bonds. The lowest BCUT2D eigenvalue weighted by Crippen LogP contribution is -2.35. The van der Waals surface area contributed by atoms with Crippen LogP contribution in [0, 0.1) is 0 Å². The van der Waals surface area contributed by atoms with Gasteiger partial charge in [0.05, 0.1) is 6.10 Å². The molecule has 17 heavy (non-hydrogen) atoms. The minimum Gasteiger partial charge on any atom is -0.313 e. The first kappa shape index (κ1) is 16.7. The van der Waals surface area contributed by atoms with Gasteiger partial charge >= 0.3 is 12.5 Å². The third kappa shape index (κ3) is 7.58. The van der Waals surface area contributed by atoms with Crippen LogP contribution in [0.5, 0.6) is 0 Å². The molecule has 0 aliphatic rings. The first-order chi connectivity index (χ1) is 7.94. The highest BCUT2D eigenvalue weighted by atomic mass is 19.3. The molecule has 0 saturated carbocycles. The Morgan fingerprint density at radius 3 is 2.06 bits per heavy atom. The zero-order valence-corrected chi connectivity index (χ0v) is 10.5. The summed E-state index contributed by atoms with van der Waals surface area (Å²) in [6.45, 7) is 3.87. The second-order valence-electron chi connectivity index (χ2n) is 4.24. The van der Waals surface area contributed by atoms with Crippen LogP contribution in [0.4, 0.5) is 17.6 Å². The third-order valence-corrected chi connectivity index (χ3v) is 2.57. The number of rotatable bonds is 10. The van der Waals surface area contributed by atoms with E-state index < -0.39 is 18.6 Å². The molecule has 0 saturated heterocycles. The second-order valence-corrected chi connectivity index (χ2v) is 4.24. The lowest BCUT2D eigenvalue weighted by atomic mass is 10.1. The van der Waals surface area contributed by atoms with Gasteiger partial charge in [0.25, 0.3) is 0 Å². The standard InChI is InChI=1S/C12H22F4O/c1-3-5-6-7-9-10(8-4-2)17-12(15,16)11(13)14/h10-11H,3-9H2,1-2H3. The van der Waals surface area contributed by atoms with Crippen molar-refractivity contribution in [1.82, 2.24) is 0 Å². The molecule has 0 aliphatic carbocycles. The molecule has 0 rings (SSSR count). The molecule has 1 nitrogen and oxygen atoms in total. The summed E-state index contributed by atoms with van der Waals surface area (Å²) in [5, 5.41) is 0. The molecular formula is C12H22F4O. The van der Waals surface area contributed by atoms with Gasteiger partial charge in [-0.1, -0.05) is 46.0 Å². The number of hydrogen-bond donors (Lipinski definition) is 0. The van der Waals surface area contributed by atoms with E-state index in [0.29, 0.717) is 19.3 Å². The molecule has 1 unspecified atom stereocenters. The molecular weight excluding hydrogens is 236 g/mol. The lowest BCUT2D eigenvalue weighted by Gasteiger charge is -2.23. The predicted octanol–water partition coefficient (Wildman–Crippen LogP) is 5.00. The largest absolute Gasteiger partial charge is 0.416 e. The number of ether oxygens (including phenoxy) is 1. The molecule has 0 bridgehead atoms. The van der Waals surface area contributed by atoms with Crippen LogP contribution in [0.25, 0.3) is 0 Å². The zero-order valence-electron chi connectivity index (χ0n) is 10.5. The van der Waals surface area contributed by atoms with Crippen LogP contribution in [0.3, 0.4) is 0 Å². The van der Waals surface area contributed by atoms with Gasteiger partial charge in [0.2, 0.25) is 0 Å². The van der Waals surface area contributed by atoms with Gasteiger partial charge < -0.3 is 4.74 Å². The molecule has 104 valence electrons. The minimum absolute atomic E-state index is 0.397. The first-order valence-corrected chi connectivity index (χ1v) is 6.27. The van der Waals surface area contributed by atoms with Crippen LogP contribution in [0.2, 0.25) is 0 Å². The molecule has 0 aromatic carbocycles. The van der Waals surface area contributed by atoms with Crippen molar-refractivity contribution < 1.29 is 22.3 Å². The first-order valence-electron chi connectivity index (χ1n) is 6.27. The van der Waals surface area contributed by atoms with Gasteiger partial charge in [-0.05, 0) is 12.8 Å². The topological polar surface area (TPSA) is 9.23 Å². The zero-order chi connectivity index (χ0) is 13.3. The summed E-state index contributed by atoms with van der Waals surface area (Å²) in [5.41, 5.74) is 0. The molecule has 0 aromatic heterocycles. The molecule has 1 atom stereocenters. The van der Waals surface area contributed by atoms with Crippen molar-refractivity contribution >= 4 is 0 Å². The summed E-state index contributed by atoms with van der Waals surface area (Å²) < 4.78 is 53.6. The van der Waals surface area contributed by atoms with Crippen molar-refractivity contribution in [3.8, 4) is 0 Å². The summed E-state index contributed by atoms with van der Waals surface area (Å²) in [6.07, 6.45) is -3.60. The van der Waals surface area contributed by atoms with E-state index in [0.717, 1.165) is 25.7 Å². The summed E-state index contributed by atoms with van der Waals surface area (Å²) in [6, 6.07) is 0. The fraction of sp³-hybridized carbons (Fsp3) is 1.00. The summed E-state index contributed by atoms with van der Waals surface area (Å²) in [7, 11) is 0. The van der Waals surface area contributed by atoms with Crippen LogP contribution < -0.4 is 0 Å². The van der Waals surface area contributed by atoms with E-state index in [1.54, 1.807) is 0 Å². The van der Waals surface area contributed by atoms with Gasteiger partial charge in [0.15, 0.2) is 0 Å². The fourth-order valence-electron chi connectivity index (χ4n) is 1.66. The van der Waals surface area contributed by atoms with Gasteiger partial charge in [-0.2, -0.15) is 8.78 Å². The Morgan fingerprint density at radius 1 is 0.941 bits per heavy atom. The van der Waals surface area contributed by atoms with Gasteiger partial charge in [0.1, 0.15) is 0 Å². The van der Waals surface area contributed by atoms with Crippen LogP contribution in [-0.4, -0.2) is 18.6 Å². The Kier molecular flexibility index (Phi) is 8.56.